The van der Waals surface area contributed by atoms with E-state index < -0.39 is 7.82 Å². The second-order valence-electron chi connectivity index (χ2n) is 4.01. The van der Waals surface area contributed by atoms with E-state index in [4.69, 9.17) is 14.5 Å². The minimum atomic E-state index is -4.52. The number of benzene rings is 1. The van der Waals surface area contributed by atoms with Crippen LogP contribution in [0.25, 0.3) is 0 Å². The smallest absolute Gasteiger partial charge is 0.501 e. The Bertz CT molecular complexity index is 459. The van der Waals surface area contributed by atoms with Crippen LogP contribution in [0.1, 0.15) is 19.4 Å². The molecule has 0 atom stereocenters. The average molecular weight is 272 g/mol. The van der Waals surface area contributed by atoms with Crippen LogP contribution in [0.2, 0.25) is 0 Å². The Morgan fingerprint density at radius 2 is 2.00 bits per heavy atom. The van der Waals surface area contributed by atoms with Crippen molar-refractivity contribution < 1.29 is 23.6 Å². The van der Waals surface area contributed by atoms with Gasteiger partial charge in [0.15, 0.2) is 0 Å². The number of hydrogen-bond donors (Lipinski definition) is 2. The van der Waals surface area contributed by atoms with Gasteiger partial charge in [-0.3, -0.25) is 9.79 Å². The van der Waals surface area contributed by atoms with Crippen molar-refractivity contribution in [2.45, 2.75) is 20.3 Å². The molecule has 18 heavy (non-hydrogen) atoms. The molecule has 0 aliphatic carbocycles. The Morgan fingerprint density at radius 1 is 1.33 bits per heavy atom. The largest absolute Gasteiger partial charge is 0.524 e. The first kappa shape index (κ1) is 14.8. The minimum absolute atomic E-state index is 0.187. The van der Waals surface area contributed by atoms with Gasteiger partial charge in [0.2, 0.25) is 0 Å². The number of phosphoric ester groups is 1. The lowest BCUT2D eigenvalue weighted by atomic mass is 10.1. The second-order valence-corrected chi connectivity index (χ2v) is 5.17. The first-order chi connectivity index (χ1) is 8.38. The molecule has 100 valence electrons. The molecule has 0 bridgehead atoms. The zero-order valence-electron chi connectivity index (χ0n) is 10.4. The van der Waals surface area contributed by atoms with Crippen LogP contribution in [-0.4, -0.2) is 16.4 Å². The fourth-order valence-corrected chi connectivity index (χ4v) is 1.76. The van der Waals surface area contributed by atoms with Gasteiger partial charge in [-0.2, -0.15) is 0 Å². The number of rotatable bonds is 6. The van der Waals surface area contributed by atoms with Crippen LogP contribution in [0.15, 0.2) is 36.1 Å². The lowest BCUT2D eigenvalue weighted by Crippen LogP contribution is -1.99. The van der Waals surface area contributed by atoms with Gasteiger partial charge in [0, 0.05) is 6.42 Å². The van der Waals surface area contributed by atoms with Crippen molar-refractivity contribution in [1.29, 1.82) is 0 Å². The van der Waals surface area contributed by atoms with Gasteiger partial charge < -0.3 is 9.26 Å². The van der Waals surface area contributed by atoms with E-state index in [0.29, 0.717) is 18.6 Å². The number of hydrogen-bond acceptors (Lipinski definition) is 3. The zero-order chi connectivity index (χ0) is 13.6. The summed E-state index contributed by atoms with van der Waals surface area (Å²) in [6.45, 7) is 4.27. The molecule has 0 spiro atoms. The molecular weight excluding hydrogens is 255 g/mol. The van der Waals surface area contributed by atoms with Gasteiger partial charge in [-0.05, 0) is 31.1 Å². The summed E-state index contributed by atoms with van der Waals surface area (Å²) in [5.41, 5.74) is 1.75. The van der Waals surface area contributed by atoms with Gasteiger partial charge in [0.1, 0.15) is 5.75 Å². The lowest BCUT2D eigenvalue weighted by molar-refractivity contribution is 0.248. The van der Waals surface area contributed by atoms with Gasteiger partial charge in [0.25, 0.3) is 0 Å². The molecule has 1 aromatic rings. The third kappa shape index (κ3) is 5.87. The molecule has 0 aliphatic rings. The second kappa shape index (κ2) is 6.59. The predicted octanol–water partition coefficient (Wildman–Crippen LogP) is 2.64. The highest BCUT2D eigenvalue weighted by atomic mass is 31.2. The third-order valence-corrected chi connectivity index (χ3v) is 2.43. The highest BCUT2D eigenvalue weighted by Gasteiger charge is 2.17. The van der Waals surface area contributed by atoms with Gasteiger partial charge in [-0.15, -0.1) is 0 Å². The summed E-state index contributed by atoms with van der Waals surface area (Å²) < 4.78 is 20.7. The lowest BCUT2D eigenvalue weighted by Gasteiger charge is -2.11. The van der Waals surface area contributed by atoms with Crippen molar-refractivity contribution in [3.63, 3.8) is 0 Å². The fourth-order valence-electron chi connectivity index (χ4n) is 1.32. The Hall–Kier alpha value is -1.29. The van der Waals surface area contributed by atoms with E-state index in [1.54, 1.807) is 24.5 Å². The summed E-state index contributed by atoms with van der Waals surface area (Å²) in [4.78, 5) is 17.6. The van der Waals surface area contributed by atoms with Gasteiger partial charge in [0.05, 0.1) is 12.9 Å². The van der Waals surface area contributed by atoms with E-state index >= 15 is 0 Å². The first-order valence-electron chi connectivity index (χ1n) is 5.46. The molecule has 1 rings (SSSR count). The summed E-state index contributed by atoms with van der Waals surface area (Å²) >= 11 is 0. The summed E-state index contributed by atoms with van der Waals surface area (Å²) in [6, 6.07) is 6.71. The number of ether oxygens (including phenoxy) is 1. The van der Waals surface area contributed by atoms with Gasteiger partial charge >= 0.3 is 7.82 Å². The maximum Gasteiger partial charge on any atom is 0.524 e. The maximum atomic E-state index is 10.8. The normalized spacial score (nSPS) is 10.9. The van der Waals surface area contributed by atoms with Crippen LogP contribution >= 0.6 is 7.82 Å². The number of para-hydroxylation sites is 1. The summed E-state index contributed by atoms with van der Waals surface area (Å²) in [7, 11) is -4.52. The standard InChI is InChI=1S/C12H17O5P/c1-10(2)9-16-8-7-11-5-3-4-6-12(11)17-18(13,14)15/h3-6,9H,7-8H2,1-2H3,(H2,13,14,15). The molecule has 0 saturated heterocycles. The van der Waals surface area contributed by atoms with Crippen LogP contribution < -0.4 is 4.52 Å². The molecule has 2 N–H and O–H groups in total. The molecule has 0 fully saturated rings. The van der Waals surface area contributed by atoms with Crippen LogP contribution in [0.3, 0.4) is 0 Å². The monoisotopic (exact) mass is 272 g/mol. The topological polar surface area (TPSA) is 76.0 Å². The van der Waals surface area contributed by atoms with E-state index in [0.717, 1.165) is 5.57 Å². The third-order valence-electron chi connectivity index (χ3n) is 2.00. The number of phosphoric acid groups is 1. The summed E-state index contributed by atoms with van der Waals surface area (Å²) in [6.07, 6.45) is 2.16. The predicted molar refractivity (Wildman–Crippen MR) is 68.2 cm³/mol. The molecule has 0 aromatic heterocycles. The quantitative estimate of drug-likeness (QED) is 0.473. The van der Waals surface area contributed by atoms with Crippen LogP contribution in [0.4, 0.5) is 0 Å². The first-order valence-corrected chi connectivity index (χ1v) is 6.99. The maximum absolute atomic E-state index is 10.8. The summed E-state index contributed by atoms with van der Waals surface area (Å²) in [5, 5.41) is 0. The van der Waals surface area contributed by atoms with Crippen LogP contribution in [0, 0.1) is 0 Å². The molecule has 0 radical (unpaired) electrons. The van der Waals surface area contributed by atoms with E-state index in [2.05, 4.69) is 4.52 Å². The summed E-state index contributed by atoms with van der Waals surface area (Å²) in [5.74, 6) is 0.187. The van der Waals surface area contributed by atoms with Crippen molar-refractivity contribution in [3.05, 3.63) is 41.7 Å². The van der Waals surface area contributed by atoms with E-state index in [1.807, 2.05) is 13.8 Å². The molecular formula is C12H17O5P. The van der Waals surface area contributed by atoms with E-state index in [1.165, 1.54) is 6.07 Å². The molecule has 5 nitrogen and oxygen atoms in total. The van der Waals surface area contributed by atoms with Gasteiger partial charge in [-0.1, -0.05) is 18.2 Å². The highest BCUT2D eigenvalue weighted by molar-refractivity contribution is 7.46. The Morgan fingerprint density at radius 3 is 2.61 bits per heavy atom. The van der Waals surface area contributed by atoms with Crippen LogP contribution in [0.5, 0.6) is 5.75 Å². The SMILES string of the molecule is CC(C)=COCCc1ccccc1OP(=O)(O)O. The van der Waals surface area contributed by atoms with Crippen molar-refractivity contribution in [1.82, 2.24) is 0 Å². The Kier molecular flexibility index (Phi) is 5.41. The molecule has 0 unspecified atom stereocenters. The molecule has 0 saturated carbocycles. The number of allylic oxidation sites excluding steroid dienone is 1. The van der Waals surface area contributed by atoms with Crippen molar-refractivity contribution in [2.75, 3.05) is 6.61 Å². The Labute approximate surface area is 106 Å². The minimum Gasteiger partial charge on any atom is -0.501 e. The molecule has 6 heteroatoms. The molecule has 0 heterocycles. The zero-order valence-corrected chi connectivity index (χ0v) is 11.3. The van der Waals surface area contributed by atoms with Crippen molar-refractivity contribution in [3.8, 4) is 5.75 Å². The van der Waals surface area contributed by atoms with E-state index in [9.17, 15) is 4.57 Å². The Balaban J connectivity index is 2.65. The molecule has 0 aliphatic heterocycles. The van der Waals surface area contributed by atoms with Crippen LogP contribution in [-0.2, 0) is 15.7 Å². The molecule has 0 amide bonds. The van der Waals surface area contributed by atoms with Gasteiger partial charge in [-0.25, -0.2) is 4.57 Å². The van der Waals surface area contributed by atoms with Crippen molar-refractivity contribution >= 4 is 7.82 Å². The fraction of sp³-hybridized carbons (Fsp3) is 0.333. The van der Waals surface area contributed by atoms with Crippen molar-refractivity contribution in [2.24, 2.45) is 0 Å². The average Bonchev–Trinajstić information content (AvgIpc) is 2.24. The highest BCUT2D eigenvalue weighted by Crippen LogP contribution is 2.39. The molecule has 1 aromatic carbocycles. The van der Waals surface area contributed by atoms with E-state index in [-0.39, 0.29) is 5.75 Å².